The molecule has 184 valence electrons. The number of nitro groups is 1. The minimum atomic E-state index is -0.595. The van der Waals surface area contributed by atoms with Gasteiger partial charge in [0.05, 0.1) is 28.5 Å². The Morgan fingerprint density at radius 3 is 2.58 bits per heavy atom. The Bertz CT molecular complexity index is 1540. The molecule has 2 aromatic carbocycles. The number of nitrogens with zero attached hydrogens (tertiary/aromatic N) is 2. The minimum Gasteiger partial charge on any atom is -0.462 e. The van der Waals surface area contributed by atoms with Crippen molar-refractivity contribution in [3.05, 3.63) is 79.8 Å². The number of aryl methyl sites for hydroxylation is 3. The summed E-state index contributed by atoms with van der Waals surface area (Å²) >= 11 is 1.06. The number of rotatable bonds is 6. The number of non-ortho nitro benzene ring substituents is 1. The number of carbonyl (C=O) groups excluding carboxylic acids is 2. The van der Waals surface area contributed by atoms with Crippen LogP contribution < -0.4 is 11.1 Å². The third kappa shape index (κ3) is 4.50. The van der Waals surface area contributed by atoms with Crippen molar-refractivity contribution in [3.63, 3.8) is 0 Å². The van der Waals surface area contributed by atoms with Crippen LogP contribution in [0.2, 0.25) is 0 Å². The van der Waals surface area contributed by atoms with E-state index < -0.39 is 16.8 Å². The lowest BCUT2D eigenvalue weighted by molar-refractivity contribution is -0.384. The number of nitrogens with one attached hydrogen (secondary N) is 1. The molecule has 2 aromatic heterocycles. The molecule has 0 unspecified atom stereocenters. The van der Waals surface area contributed by atoms with Gasteiger partial charge >= 0.3 is 5.97 Å². The molecule has 1 amide bonds. The fraction of sp³-hybridized carbons (Fsp3) is 0.192. The van der Waals surface area contributed by atoms with Gasteiger partial charge in [0.2, 0.25) is 0 Å². The Labute approximate surface area is 211 Å². The second-order valence-electron chi connectivity index (χ2n) is 8.27. The molecule has 0 aliphatic rings. The predicted octanol–water partition coefficient (Wildman–Crippen LogP) is 5.81. The summed E-state index contributed by atoms with van der Waals surface area (Å²) in [6.45, 7) is 7.38. The number of pyridine rings is 1. The first kappa shape index (κ1) is 24.8. The van der Waals surface area contributed by atoms with E-state index in [4.69, 9.17) is 10.5 Å². The smallest absolute Gasteiger partial charge is 0.350 e. The fourth-order valence-corrected chi connectivity index (χ4v) is 5.14. The van der Waals surface area contributed by atoms with Crippen LogP contribution in [0, 0.1) is 30.9 Å². The van der Waals surface area contributed by atoms with Gasteiger partial charge in [0, 0.05) is 28.8 Å². The van der Waals surface area contributed by atoms with E-state index in [-0.39, 0.29) is 28.4 Å². The lowest BCUT2D eigenvalue weighted by Crippen LogP contribution is -2.17. The number of hydrogen-bond acceptors (Lipinski definition) is 8. The van der Waals surface area contributed by atoms with Gasteiger partial charge < -0.3 is 15.8 Å². The van der Waals surface area contributed by atoms with Crippen molar-refractivity contribution in [1.29, 1.82) is 0 Å². The first-order valence-corrected chi connectivity index (χ1v) is 12.0. The zero-order valence-corrected chi connectivity index (χ0v) is 21.0. The number of esters is 1. The minimum absolute atomic E-state index is 0.114. The van der Waals surface area contributed by atoms with E-state index in [1.165, 1.54) is 18.2 Å². The van der Waals surface area contributed by atoms with Crippen molar-refractivity contribution < 1.29 is 19.2 Å². The number of fused-ring (bicyclic) bond motifs is 1. The van der Waals surface area contributed by atoms with Gasteiger partial charge in [-0.2, -0.15) is 0 Å². The molecule has 0 spiro atoms. The molecular weight excluding hydrogens is 480 g/mol. The largest absolute Gasteiger partial charge is 0.462 e. The van der Waals surface area contributed by atoms with Gasteiger partial charge in [0.1, 0.15) is 9.71 Å². The summed E-state index contributed by atoms with van der Waals surface area (Å²) in [6, 6.07) is 11.6. The summed E-state index contributed by atoms with van der Waals surface area (Å²) in [5.41, 5.74) is 10.3. The summed E-state index contributed by atoms with van der Waals surface area (Å²) in [4.78, 5) is 42.4. The molecule has 0 saturated heterocycles. The Balaban J connectivity index is 2.00. The number of ether oxygens (including phenoxy) is 1. The van der Waals surface area contributed by atoms with Crippen LogP contribution in [0.4, 0.5) is 17.1 Å². The van der Waals surface area contributed by atoms with Gasteiger partial charge in [-0.15, -0.1) is 11.3 Å². The topological polar surface area (TPSA) is 137 Å². The van der Waals surface area contributed by atoms with Crippen molar-refractivity contribution >= 4 is 50.5 Å². The van der Waals surface area contributed by atoms with E-state index in [2.05, 4.69) is 10.3 Å². The van der Waals surface area contributed by atoms with Crippen LogP contribution in [0.3, 0.4) is 0 Å². The first-order chi connectivity index (χ1) is 17.1. The molecule has 10 heteroatoms. The van der Waals surface area contributed by atoms with Crippen molar-refractivity contribution in [1.82, 2.24) is 4.98 Å². The highest BCUT2D eigenvalue weighted by atomic mass is 32.1. The number of hydrogen-bond donors (Lipinski definition) is 2. The maximum Gasteiger partial charge on any atom is 0.350 e. The van der Waals surface area contributed by atoms with Gasteiger partial charge in [-0.25, -0.2) is 9.78 Å². The third-order valence-corrected chi connectivity index (χ3v) is 6.80. The summed E-state index contributed by atoms with van der Waals surface area (Å²) in [5, 5.41) is 14.8. The molecule has 0 atom stereocenters. The highest BCUT2D eigenvalue weighted by Crippen LogP contribution is 2.43. The number of thiophene rings is 1. The van der Waals surface area contributed by atoms with Crippen LogP contribution in [0.15, 0.2) is 42.5 Å². The zero-order valence-electron chi connectivity index (χ0n) is 20.2. The second kappa shape index (κ2) is 9.74. The monoisotopic (exact) mass is 504 g/mol. The quantitative estimate of drug-likeness (QED) is 0.192. The molecule has 3 N–H and O–H groups in total. The fourth-order valence-electron chi connectivity index (χ4n) is 4.09. The zero-order chi connectivity index (χ0) is 26.1. The van der Waals surface area contributed by atoms with E-state index in [1.54, 1.807) is 19.9 Å². The molecule has 2 heterocycles. The van der Waals surface area contributed by atoms with E-state index >= 15 is 0 Å². The number of anilines is 2. The van der Waals surface area contributed by atoms with Gasteiger partial charge in [-0.05, 0) is 44.9 Å². The SMILES string of the molecule is CCOC(=O)c1sc2nc(C)c(C(=O)Nc3ccc(C)cc3C)c(-c3cccc([N+](=O)[O-])c3)c2c1N. The number of nitrogen functional groups attached to an aromatic ring is 1. The Morgan fingerprint density at radius 2 is 1.92 bits per heavy atom. The van der Waals surface area contributed by atoms with E-state index in [0.717, 1.165) is 22.5 Å². The van der Waals surface area contributed by atoms with Crippen LogP contribution in [-0.4, -0.2) is 28.4 Å². The summed E-state index contributed by atoms with van der Waals surface area (Å²) in [7, 11) is 0. The van der Waals surface area contributed by atoms with E-state index in [1.807, 2.05) is 32.0 Å². The Kier molecular flexibility index (Phi) is 6.71. The number of aromatic nitrogens is 1. The number of amides is 1. The standard InChI is InChI=1S/C26H24N4O5S/c1-5-35-26(32)23-22(27)21-20(16-7-6-8-17(12-16)30(33)34)19(15(4)28-25(21)36-23)24(31)29-18-10-9-13(2)11-14(18)3/h6-12H,5,27H2,1-4H3,(H,29,31). The molecule has 0 aliphatic heterocycles. The van der Waals surface area contributed by atoms with Gasteiger partial charge in [0.15, 0.2) is 0 Å². The number of nitro benzene ring substituents is 1. The average Bonchev–Trinajstić information content (AvgIpc) is 3.16. The van der Waals surface area contributed by atoms with Crippen LogP contribution >= 0.6 is 11.3 Å². The normalized spacial score (nSPS) is 10.9. The van der Waals surface area contributed by atoms with Crippen LogP contribution in [-0.2, 0) is 4.74 Å². The molecule has 0 aliphatic carbocycles. The second-order valence-corrected chi connectivity index (χ2v) is 9.27. The Hall–Kier alpha value is -4.31. The number of carbonyl (C=O) groups is 2. The molecule has 9 nitrogen and oxygen atoms in total. The lowest BCUT2D eigenvalue weighted by Gasteiger charge is -2.16. The first-order valence-electron chi connectivity index (χ1n) is 11.2. The Morgan fingerprint density at radius 1 is 1.17 bits per heavy atom. The average molecular weight is 505 g/mol. The van der Waals surface area contributed by atoms with E-state index in [0.29, 0.717) is 32.7 Å². The molecule has 0 saturated carbocycles. The van der Waals surface area contributed by atoms with Crippen LogP contribution in [0.5, 0.6) is 0 Å². The maximum atomic E-state index is 13.7. The molecule has 0 bridgehead atoms. The molecule has 0 fully saturated rings. The maximum absolute atomic E-state index is 13.7. The van der Waals surface area contributed by atoms with Crippen molar-refractivity contribution in [2.45, 2.75) is 27.7 Å². The molecular formula is C26H24N4O5S. The third-order valence-electron chi connectivity index (χ3n) is 5.72. The summed E-state index contributed by atoms with van der Waals surface area (Å²) in [6.07, 6.45) is 0. The summed E-state index contributed by atoms with van der Waals surface area (Å²) in [5.74, 6) is -1.04. The van der Waals surface area contributed by atoms with Gasteiger partial charge in [-0.1, -0.05) is 29.8 Å². The van der Waals surface area contributed by atoms with E-state index in [9.17, 15) is 19.7 Å². The van der Waals surface area contributed by atoms with Gasteiger partial charge in [0.25, 0.3) is 11.6 Å². The molecule has 36 heavy (non-hydrogen) atoms. The van der Waals surface area contributed by atoms with Crippen molar-refractivity contribution in [3.8, 4) is 11.1 Å². The number of nitrogens with two attached hydrogens (primary N) is 1. The van der Waals surface area contributed by atoms with Crippen LogP contribution in [0.1, 0.15) is 43.8 Å². The molecule has 4 aromatic rings. The van der Waals surface area contributed by atoms with Crippen LogP contribution in [0.25, 0.3) is 21.3 Å². The van der Waals surface area contributed by atoms with Crippen molar-refractivity contribution in [2.24, 2.45) is 0 Å². The predicted molar refractivity (Wildman–Crippen MR) is 141 cm³/mol. The molecule has 0 radical (unpaired) electrons. The highest BCUT2D eigenvalue weighted by Gasteiger charge is 2.28. The lowest BCUT2D eigenvalue weighted by atomic mass is 9.94. The van der Waals surface area contributed by atoms with Gasteiger partial charge in [-0.3, -0.25) is 14.9 Å². The number of benzene rings is 2. The van der Waals surface area contributed by atoms with Crippen molar-refractivity contribution in [2.75, 3.05) is 17.7 Å². The highest BCUT2D eigenvalue weighted by molar-refractivity contribution is 7.21. The summed E-state index contributed by atoms with van der Waals surface area (Å²) < 4.78 is 5.14. The molecule has 4 rings (SSSR count).